The monoisotopic (exact) mass is 511 g/mol. The number of hydrogen-bond donors (Lipinski definition) is 2. The van der Waals surface area contributed by atoms with Crippen molar-refractivity contribution in [1.29, 1.82) is 0 Å². The van der Waals surface area contributed by atoms with Gasteiger partial charge in [-0.2, -0.15) is 0 Å². The topological polar surface area (TPSA) is 87.7 Å². The highest BCUT2D eigenvalue weighted by atomic mass is 16.5. The summed E-state index contributed by atoms with van der Waals surface area (Å²) in [6.45, 7) is 4.49. The Bertz CT molecular complexity index is 1300. The zero-order chi connectivity index (χ0) is 26.9. The molecule has 38 heavy (non-hydrogen) atoms. The van der Waals surface area contributed by atoms with E-state index in [2.05, 4.69) is 17.6 Å². The third-order valence-electron chi connectivity index (χ3n) is 6.32. The Balaban J connectivity index is 1.74. The van der Waals surface area contributed by atoms with Crippen molar-refractivity contribution in [3.8, 4) is 0 Å². The Labute approximate surface area is 223 Å². The number of unbranched alkanes of at least 4 members (excludes halogenated alkanes) is 1. The highest BCUT2D eigenvalue weighted by Crippen LogP contribution is 2.37. The van der Waals surface area contributed by atoms with Crippen LogP contribution >= 0.6 is 0 Å². The van der Waals surface area contributed by atoms with Crippen LogP contribution in [0, 0.1) is 0 Å². The molecule has 7 heteroatoms. The molecule has 2 N–H and O–H groups in total. The number of esters is 1. The Hall–Kier alpha value is -4.39. The van der Waals surface area contributed by atoms with Crippen LogP contribution in [0.1, 0.15) is 49.4 Å². The lowest BCUT2D eigenvalue weighted by atomic mass is 9.91. The molecule has 0 radical (unpaired) electrons. The molecule has 0 aromatic heterocycles. The summed E-state index contributed by atoms with van der Waals surface area (Å²) in [5.74, 6) is -0.644. The quantitative estimate of drug-likeness (QED) is 0.342. The number of nitrogens with one attached hydrogen (secondary N) is 2. The molecule has 0 spiro atoms. The van der Waals surface area contributed by atoms with E-state index in [9.17, 15) is 14.4 Å². The second-order valence-electron chi connectivity index (χ2n) is 9.07. The molecule has 1 unspecified atom stereocenters. The van der Waals surface area contributed by atoms with Gasteiger partial charge in [-0.05, 0) is 42.2 Å². The van der Waals surface area contributed by atoms with Crippen LogP contribution in [0.2, 0.25) is 0 Å². The molecule has 0 bridgehead atoms. The third kappa shape index (κ3) is 6.29. The van der Waals surface area contributed by atoms with Gasteiger partial charge in [-0.25, -0.2) is 9.59 Å². The fourth-order valence-corrected chi connectivity index (χ4v) is 4.55. The van der Waals surface area contributed by atoms with E-state index in [0.717, 1.165) is 24.0 Å². The molecule has 3 aromatic carbocycles. The second kappa shape index (κ2) is 12.7. The van der Waals surface area contributed by atoms with E-state index in [1.54, 1.807) is 30.0 Å². The Morgan fingerprint density at radius 3 is 2.34 bits per heavy atom. The number of ether oxygens (including phenoxy) is 1. The second-order valence-corrected chi connectivity index (χ2v) is 9.07. The number of nitrogens with zero attached hydrogens (tertiary/aromatic N) is 1. The number of benzene rings is 3. The van der Waals surface area contributed by atoms with Crippen LogP contribution < -0.4 is 10.6 Å². The van der Waals surface area contributed by atoms with Gasteiger partial charge >= 0.3 is 12.0 Å². The highest BCUT2D eigenvalue weighted by Gasteiger charge is 2.38. The predicted molar refractivity (Wildman–Crippen MR) is 148 cm³/mol. The zero-order valence-electron chi connectivity index (χ0n) is 21.8. The van der Waals surface area contributed by atoms with E-state index in [-0.39, 0.29) is 25.0 Å². The van der Waals surface area contributed by atoms with Gasteiger partial charge in [-0.1, -0.05) is 86.1 Å². The molecule has 1 aliphatic heterocycles. The molecule has 1 atom stereocenters. The number of rotatable bonds is 10. The molecule has 1 heterocycles. The maximum Gasteiger partial charge on any atom is 0.338 e. The van der Waals surface area contributed by atoms with Crippen LogP contribution in [-0.2, 0) is 20.7 Å². The molecule has 1 aliphatic rings. The van der Waals surface area contributed by atoms with Crippen molar-refractivity contribution in [2.45, 2.75) is 39.2 Å². The summed E-state index contributed by atoms with van der Waals surface area (Å²) in [5.41, 5.74) is 3.83. The molecule has 0 fully saturated rings. The van der Waals surface area contributed by atoms with E-state index in [1.807, 2.05) is 66.7 Å². The number of hydrogen-bond acceptors (Lipinski definition) is 4. The van der Waals surface area contributed by atoms with Crippen LogP contribution in [0.5, 0.6) is 0 Å². The highest BCUT2D eigenvalue weighted by molar-refractivity contribution is 6.04. The van der Waals surface area contributed by atoms with Gasteiger partial charge in [0.05, 0.1) is 30.3 Å². The van der Waals surface area contributed by atoms with Crippen molar-refractivity contribution >= 4 is 29.3 Å². The average Bonchev–Trinajstić information content (AvgIpc) is 2.93. The lowest BCUT2D eigenvalue weighted by Gasteiger charge is -2.37. The molecular formula is C31H33N3O4. The van der Waals surface area contributed by atoms with E-state index < -0.39 is 12.0 Å². The minimum absolute atomic E-state index is 0.155. The van der Waals surface area contributed by atoms with Gasteiger partial charge in [0.25, 0.3) is 0 Å². The van der Waals surface area contributed by atoms with Gasteiger partial charge in [-0.3, -0.25) is 9.69 Å². The van der Waals surface area contributed by atoms with Gasteiger partial charge in [0.15, 0.2) is 0 Å². The molecule has 7 nitrogen and oxygen atoms in total. The molecule has 196 valence electrons. The summed E-state index contributed by atoms with van der Waals surface area (Å²) in [4.78, 5) is 41.2. The molecule has 3 aromatic rings. The minimum atomic E-state index is -0.749. The maximum absolute atomic E-state index is 13.4. The molecule has 4 rings (SSSR count). The van der Waals surface area contributed by atoms with Crippen LogP contribution in [0.15, 0.2) is 90.5 Å². The van der Waals surface area contributed by atoms with Crippen molar-refractivity contribution < 1.29 is 19.1 Å². The van der Waals surface area contributed by atoms with Crippen LogP contribution in [-0.4, -0.2) is 36.0 Å². The van der Waals surface area contributed by atoms with E-state index >= 15 is 0 Å². The van der Waals surface area contributed by atoms with Gasteiger partial charge in [0, 0.05) is 12.2 Å². The van der Waals surface area contributed by atoms with Crippen LogP contribution in [0.4, 0.5) is 10.5 Å². The molecule has 3 amide bonds. The Kier molecular flexibility index (Phi) is 8.93. The normalized spacial score (nSPS) is 15.2. The minimum Gasteiger partial charge on any atom is -0.463 e. The number of anilines is 1. The van der Waals surface area contributed by atoms with Crippen molar-refractivity contribution in [2.24, 2.45) is 0 Å². The van der Waals surface area contributed by atoms with Crippen molar-refractivity contribution in [3.63, 3.8) is 0 Å². The fraction of sp³-hybridized carbons (Fsp3) is 0.258. The first-order chi connectivity index (χ1) is 18.5. The standard InChI is InChI=1S/C31H33N3O4/c1-3-5-19-34-29(23-15-10-7-11-16-23)27(30(36)38-4-2)28(33-31(34)37)24-17-12-18-25(21-24)32-26(35)20-22-13-8-6-9-14-22/h6-18,21,28H,3-5,19-20H2,1-2H3,(H,32,35)(H,33,37). The van der Waals surface area contributed by atoms with Gasteiger partial charge in [-0.15, -0.1) is 0 Å². The first-order valence-corrected chi connectivity index (χ1v) is 13.0. The lowest BCUT2D eigenvalue weighted by molar-refractivity contribution is -0.139. The van der Waals surface area contributed by atoms with Crippen LogP contribution in [0.3, 0.4) is 0 Å². The van der Waals surface area contributed by atoms with Gasteiger partial charge < -0.3 is 15.4 Å². The van der Waals surface area contributed by atoms with Crippen molar-refractivity contribution in [2.75, 3.05) is 18.5 Å². The molecular weight excluding hydrogens is 478 g/mol. The first-order valence-electron chi connectivity index (χ1n) is 13.0. The van der Waals surface area contributed by atoms with E-state index in [4.69, 9.17) is 4.74 Å². The largest absolute Gasteiger partial charge is 0.463 e. The summed E-state index contributed by atoms with van der Waals surface area (Å²) >= 11 is 0. The summed E-state index contributed by atoms with van der Waals surface area (Å²) in [7, 11) is 0. The predicted octanol–water partition coefficient (Wildman–Crippen LogP) is 5.71. The Morgan fingerprint density at radius 2 is 1.66 bits per heavy atom. The molecule has 0 aliphatic carbocycles. The van der Waals surface area contributed by atoms with Crippen molar-refractivity contribution in [1.82, 2.24) is 10.2 Å². The number of carbonyl (C=O) groups is 3. The van der Waals surface area contributed by atoms with Gasteiger partial charge in [0.1, 0.15) is 0 Å². The third-order valence-corrected chi connectivity index (χ3v) is 6.32. The summed E-state index contributed by atoms with van der Waals surface area (Å²) in [5, 5.41) is 5.95. The summed E-state index contributed by atoms with van der Waals surface area (Å²) < 4.78 is 5.49. The zero-order valence-corrected chi connectivity index (χ0v) is 21.8. The SMILES string of the molecule is CCCCN1C(=O)NC(c2cccc(NC(=O)Cc3ccccc3)c2)C(C(=O)OCC)=C1c1ccccc1. The fourth-order valence-electron chi connectivity index (χ4n) is 4.55. The molecule has 0 saturated heterocycles. The number of urea groups is 1. The number of carbonyl (C=O) groups excluding carboxylic acids is 3. The first kappa shape index (κ1) is 26.7. The average molecular weight is 512 g/mol. The van der Waals surface area contributed by atoms with E-state index in [0.29, 0.717) is 29.1 Å². The Morgan fingerprint density at radius 1 is 0.947 bits per heavy atom. The van der Waals surface area contributed by atoms with Crippen molar-refractivity contribution in [3.05, 3.63) is 107 Å². The van der Waals surface area contributed by atoms with Crippen LogP contribution in [0.25, 0.3) is 5.70 Å². The summed E-state index contributed by atoms with van der Waals surface area (Å²) in [6.07, 6.45) is 1.92. The maximum atomic E-state index is 13.4. The smallest absolute Gasteiger partial charge is 0.338 e. The lowest BCUT2D eigenvalue weighted by Crippen LogP contribution is -2.48. The van der Waals surface area contributed by atoms with Gasteiger partial charge in [0.2, 0.25) is 5.91 Å². The summed E-state index contributed by atoms with van der Waals surface area (Å²) in [6, 6.07) is 25.1. The number of amides is 3. The van der Waals surface area contributed by atoms with E-state index in [1.165, 1.54) is 0 Å². The molecule has 0 saturated carbocycles.